The van der Waals surface area contributed by atoms with E-state index >= 15 is 0 Å². The van der Waals surface area contributed by atoms with Gasteiger partial charge in [-0.2, -0.15) is 4.98 Å². The molecule has 0 aliphatic rings. The summed E-state index contributed by atoms with van der Waals surface area (Å²) >= 11 is 0. The van der Waals surface area contributed by atoms with Crippen molar-refractivity contribution in [1.29, 1.82) is 0 Å². The van der Waals surface area contributed by atoms with E-state index < -0.39 is 10.0 Å². The first-order chi connectivity index (χ1) is 14.8. The van der Waals surface area contributed by atoms with E-state index in [0.29, 0.717) is 29.8 Å². The number of ether oxygens (including phenoxy) is 2. The van der Waals surface area contributed by atoms with Crippen LogP contribution in [0.4, 0.5) is 0 Å². The van der Waals surface area contributed by atoms with Crippen LogP contribution >= 0.6 is 0 Å². The molecule has 3 aromatic rings. The van der Waals surface area contributed by atoms with Gasteiger partial charge in [0, 0.05) is 20.0 Å². The molecular weight excluding hydrogens is 418 g/mol. The average Bonchev–Trinajstić information content (AvgIpc) is 3.24. The summed E-state index contributed by atoms with van der Waals surface area (Å²) in [6.07, 6.45) is 0.325. The summed E-state index contributed by atoms with van der Waals surface area (Å²) in [6, 6.07) is 14.1. The van der Waals surface area contributed by atoms with Gasteiger partial charge in [-0.1, -0.05) is 31.1 Å². The molecule has 1 aromatic heterocycles. The molecule has 0 saturated carbocycles. The third-order valence-electron chi connectivity index (χ3n) is 4.84. The van der Waals surface area contributed by atoms with Crippen molar-refractivity contribution < 1.29 is 22.4 Å². The van der Waals surface area contributed by atoms with E-state index in [2.05, 4.69) is 24.0 Å². The number of hydrogen-bond acceptors (Lipinski definition) is 7. The van der Waals surface area contributed by atoms with Crippen LogP contribution in [0.3, 0.4) is 0 Å². The van der Waals surface area contributed by atoms with Gasteiger partial charge >= 0.3 is 0 Å². The standard InChI is InChI=1S/C22H27N3O5S/c1-16(2)17-5-11-20(12-6-17)31(26,27)25(3)14-13-21-23-22(30-24-21)15-29-19-9-7-18(28-4)8-10-19/h5-12,16H,13-15H2,1-4H3. The van der Waals surface area contributed by atoms with Gasteiger partial charge in [0.2, 0.25) is 10.0 Å². The second-order valence-corrected chi connectivity index (χ2v) is 9.41. The topological polar surface area (TPSA) is 94.8 Å². The number of sulfonamides is 1. The van der Waals surface area contributed by atoms with Gasteiger partial charge in [-0.05, 0) is 47.9 Å². The Balaban J connectivity index is 1.54. The normalized spacial score (nSPS) is 11.8. The lowest BCUT2D eigenvalue weighted by Crippen LogP contribution is -2.29. The molecular formula is C22H27N3O5S. The van der Waals surface area contributed by atoms with Gasteiger partial charge in [0.05, 0.1) is 12.0 Å². The molecule has 166 valence electrons. The van der Waals surface area contributed by atoms with Crippen LogP contribution in [0.15, 0.2) is 57.9 Å². The first kappa shape index (κ1) is 22.8. The molecule has 0 fully saturated rings. The van der Waals surface area contributed by atoms with Crippen LogP contribution in [0.25, 0.3) is 0 Å². The highest BCUT2D eigenvalue weighted by molar-refractivity contribution is 7.89. The van der Waals surface area contributed by atoms with Gasteiger partial charge in [-0.25, -0.2) is 12.7 Å². The first-order valence-electron chi connectivity index (χ1n) is 9.94. The Labute approximate surface area is 182 Å². The first-order valence-corrected chi connectivity index (χ1v) is 11.4. The lowest BCUT2D eigenvalue weighted by Gasteiger charge is -2.17. The number of aromatic nitrogens is 2. The summed E-state index contributed by atoms with van der Waals surface area (Å²) in [5.74, 6) is 2.47. The largest absolute Gasteiger partial charge is 0.497 e. The smallest absolute Gasteiger partial charge is 0.264 e. The summed E-state index contributed by atoms with van der Waals surface area (Å²) in [4.78, 5) is 4.53. The fourth-order valence-corrected chi connectivity index (χ4v) is 4.02. The monoisotopic (exact) mass is 445 g/mol. The van der Waals surface area contributed by atoms with Crippen LogP contribution < -0.4 is 9.47 Å². The molecule has 0 amide bonds. The van der Waals surface area contributed by atoms with Crippen molar-refractivity contribution in [1.82, 2.24) is 14.4 Å². The van der Waals surface area contributed by atoms with Crippen molar-refractivity contribution in [3.05, 3.63) is 65.8 Å². The number of nitrogens with zero attached hydrogens (tertiary/aromatic N) is 3. The van der Waals surface area contributed by atoms with Crippen molar-refractivity contribution in [3.63, 3.8) is 0 Å². The number of hydrogen-bond donors (Lipinski definition) is 0. The Morgan fingerprint density at radius 1 is 1.03 bits per heavy atom. The highest BCUT2D eigenvalue weighted by Gasteiger charge is 2.21. The van der Waals surface area contributed by atoms with Gasteiger partial charge in [0.1, 0.15) is 11.5 Å². The van der Waals surface area contributed by atoms with E-state index in [4.69, 9.17) is 14.0 Å². The quantitative estimate of drug-likeness (QED) is 0.470. The lowest BCUT2D eigenvalue weighted by molar-refractivity contribution is 0.242. The molecule has 0 saturated heterocycles. The molecule has 31 heavy (non-hydrogen) atoms. The van der Waals surface area contributed by atoms with Crippen molar-refractivity contribution in [2.45, 2.75) is 37.7 Å². The van der Waals surface area contributed by atoms with Crippen LogP contribution in [0.1, 0.15) is 37.0 Å². The van der Waals surface area contributed by atoms with Crippen molar-refractivity contribution in [2.24, 2.45) is 0 Å². The molecule has 3 rings (SSSR count). The van der Waals surface area contributed by atoms with E-state index in [-0.39, 0.29) is 18.0 Å². The molecule has 0 aliphatic carbocycles. The molecule has 0 bridgehead atoms. The van der Waals surface area contributed by atoms with E-state index in [1.165, 1.54) is 4.31 Å². The van der Waals surface area contributed by atoms with E-state index in [1.54, 1.807) is 50.6 Å². The molecule has 1 heterocycles. The molecule has 0 aliphatic heterocycles. The maximum absolute atomic E-state index is 12.8. The third-order valence-corrected chi connectivity index (χ3v) is 6.71. The second-order valence-electron chi connectivity index (χ2n) is 7.37. The zero-order chi connectivity index (χ0) is 22.4. The van der Waals surface area contributed by atoms with E-state index in [9.17, 15) is 8.42 Å². The summed E-state index contributed by atoms with van der Waals surface area (Å²) < 4.78 is 42.8. The summed E-state index contributed by atoms with van der Waals surface area (Å²) in [6.45, 7) is 4.48. The van der Waals surface area contributed by atoms with Crippen LogP contribution in [0.2, 0.25) is 0 Å². The lowest BCUT2D eigenvalue weighted by atomic mass is 10.0. The molecule has 9 heteroatoms. The predicted molar refractivity (Wildman–Crippen MR) is 116 cm³/mol. The Morgan fingerprint density at radius 2 is 1.68 bits per heavy atom. The minimum atomic E-state index is -3.58. The Hall–Kier alpha value is -2.91. The molecule has 0 atom stereocenters. The van der Waals surface area contributed by atoms with Gasteiger partial charge < -0.3 is 14.0 Å². The maximum atomic E-state index is 12.8. The van der Waals surface area contributed by atoms with Crippen molar-refractivity contribution in [3.8, 4) is 11.5 Å². The van der Waals surface area contributed by atoms with Crippen molar-refractivity contribution >= 4 is 10.0 Å². The van der Waals surface area contributed by atoms with Crippen LogP contribution in [0.5, 0.6) is 11.5 Å². The van der Waals surface area contributed by atoms with E-state index in [0.717, 1.165) is 11.3 Å². The molecule has 0 radical (unpaired) electrons. The maximum Gasteiger partial charge on any atom is 0.264 e. The fourth-order valence-electron chi connectivity index (χ4n) is 2.85. The minimum Gasteiger partial charge on any atom is -0.497 e. The van der Waals surface area contributed by atoms with Crippen LogP contribution in [-0.2, 0) is 23.1 Å². The predicted octanol–water partition coefficient (Wildman–Crippen LogP) is 3.64. The third kappa shape index (κ3) is 5.83. The zero-order valence-corrected chi connectivity index (χ0v) is 18.9. The Bertz CT molecular complexity index is 1080. The van der Waals surface area contributed by atoms with E-state index in [1.807, 2.05) is 12.1 Å². The number of rotatable bonds is 10. The molecule has 0 spiro atoms. The van der Waals surface area contributed by atoms with Gasteiger partial charge in [0.25, 0.3) is 5.89 Å². The zero-order valence-electron chi connectivity index (χ0n) is 18.1. The van der Waals surface area contributed by atoms with Gasteiger partial charge in [-0.3, -0.25) is 0 Å². The summed E-state index contributed by atoms with van der Waals surface area (Å²) in [5.41, 5.74) is 1.10. The van der Waals surface area contributed by atoms with Crippen LogP contribution in [0, 0.1) is 0 Å². The molecule has 8 nitrogen and oxygen atoms in total. The Kier molecular flexibility index (Phi) is 7.29. The van der Waals surface area contributed by atoms with Crippen molar-refractivity contribution in [2.75, 3.05) is 20.7 Å². The van der Waals surface area contributed by atoms with Crippen LogP contribution in [-0.4, -0.2) is 43.6 Å². The van der Waals surface area contributed by atoms with Gasteiger partial charge in [-0.15, -0.1) is 0 Å². The fraction of sp³-hybridized carbons (Fsp3) is 0.364. The molecule has 0 unspecified atom stereocenters. The average molecular weight is 446 g/mol. The highest BCUT2D eigenvalue weighted by atomic mass is 32.2. The number of likely N-dealkylation sites (N-methyl/N-ethyl adjacent to an activating group) is 1. The molecule has 0 N–H and O–H groups in total. The molecule has 2 aromatic carbocycles. The second kappa shape index (κ2) is 9.93. The Morgan fingerprint density at radius 3 is 2.29 bits per heavy atom. The summed E-state index contributed by atoms with van der Waals surface area (Å²) in [7, 11) is -0.445. The van der Waals surface area contributed by atoms with Gasteiger partial charge in [0.15, 0.2) is 12.4 Å². The highest BCUT2D eigenvalue weighted by Crippen LogP contribution is 2.20. The minimum absolute atomic E-state index is 0.121. The number of methoxy groups -OCH3 is 1. The number of benzene rings is 2. The SMILES string of the molecule is COc1ccc(OCc2nc(CCN(C)S(=O)(=O)c3ccc(C(C)C)cc3)no2)cc1. The summed E-state index contributed by atoms with van der Waals surface area (Å²) in [5, 5.41) is 3.91.